The first kappa shape index (κ1) is 14.6. The Labute approximate surface area is 131 Å². The molecule has 0 radical (unpaired) electrons. The van der Waals surface area contributed by atoms with E-state index in [-0.39, 0.29) is 0 Å². The molecule has 1 saturated heterocycles. The third-order valence-electron chi connectivity index (χ3n) is 4.77. The summed E-state index contributed by atoms with van der Waals surface area (Å²) in [4.78, 5) is 0. The number of nitrogens with zero attached hydrogens (tertiary/aromatic N) is 1. The minimum atomic E-state index is 0.684. The van der Waals surface area contributed by atoms with E-state index in [0.29, 0.717) is 5.92 Å². The van der Waals surface area contributed by atoms with E-state index in [1.165, 1.54) is 48.9 Å². The van der Waals surface area contributed by atoms with Crippen molar-refractivity contribution in [2.75, 3.05) is 26.2 Å². The van der Waals surface area contributed by atoms with Gasteiger partial charge in [-0.05, 0) is 31.0 Å². The molecule has 3 rings (SSSR count). The van der Waals surface area contributed by atoms with Crippen LogP contribution < -0.4 is 5.73 Å². The fourth-order valence-electron chi connectivity index (χ4n) is 3.69. The Morgan fingerprint density at radius 2 is 1.75 bits per heavy atom. The van der Waals surface area contributed by atoms with Gasteiger partial charge in [0, 0.05) is 40.4 Å². The van der Waals surface area contributed by atoms with Gasteiger partial charge in [0.05, 0.1) is 19.6 Å². The molecule has 2 atom stereocenters. The Morgan fingerprint density at radius 3 is 2.30 bits per heavy atom. The number of hydrogen-bond donors (Lipinski definition) is 1. The molecule has 0 amide bonds. The van der Waals surface area contributed by atoms with Gasteiger partial charge in [-0.15, -0.1) is 0 Å². The minimum Gasteiger partial charge on any atom is -0.330 e. The molecule has 4 heteroatoms. The molecule has 1 aliphatic heterocycles. The number of nitrogens with two attached hydrogens (primary N) is 1. The molecular formula is C16H23Cl2N2+. The lowest BCUT2D eigenvalue weighted by molar-refractivity contribution is -0.932. The topological polar surface area (TPSA) is 26.0 Å². The number of benzene rings is 1. The van der Waals surface area contributed by atoms with Crippen LogP contribution >= 0.6 is 23.2 Å². The second kappa shape index (κ2) is 5.84. The summed E-state index contributed by atoms with van der Waals surface area (Å²) in [6.07, 6.45) is 4.07. The number of halogens is 2. The van der Waals surface area contributed by atoms with Gasteiger partial charge >= 0.3 is 0 Å². The van der Waals surface area contributed by atoms with Crippen molar-refractivity contribution in [3.8, 4) is 0 Å². The lowest BCUT2D eigenvalue weighted by Gasteiger charge is -2.35. The lowest BCUT2D eigenvalue weighted by atomic mass is 10.1. The highest BCUT2D eigenvalue weighted by atomic mass is 35.5. The summed E-state index contributed by atoms with van der Waals surface area (Å²) < 4.78 is 1.18. The fourth-order valence-corrected chi connectivity index (χ4v) is 4.26. The Balaban J connectivity index is 1.78. The highest BCUT2D eigenvalue weighted by molar-refractivity contribution is 6.34. The van der Waals surface area contributed by atoms with Crippen LogP contribution in [0.2, 0.25) is 10.0 Å². The fraction of sp³-hybridized carbons (Fsp3) is 0.625. The van der Waals surface area contributed by atoms with Crippen molar-refractivity contribution in [3.63, 3.8) is 0 Å². The van der Waals surface area contributed by atoms with Gasteiger partial charge in [-0.3, -0.25) is 0 Å². The standard InChI is InChI=1S/C16H23Cl2N2/c17-15-5-14(6-16(18)7-15)11-20(9-12-1-2-12)4-3-13(8-19)10-20/h5-7,12-13H,1-4,8-11,19H2/q+1/t13-,20?/m1/s1. The molecule has 20 heavy (non-hydrogen) atoms. The van der Waals surface area contributed by atoms with Crippen molar-refractivity contribution in [3.05, 3.63) is 33.8 Å². The Morgan fingerprint density at radius 1 is 1.05 bits per heavy atom. The highest BCUT2D eigenvalue weighted by Gasteiger charge is 2.42. The van der Waals surface area contributed by atoms with Crippen LogP contribution in [0.3, 0.4) is 0 Å². The van der Waals surface area contributed by atoms with Crippen LogP contribution in [-0.4, -0.2) is 30.7 Å². The smallest absolute Gasteiger partial charge is 0.104 e. The molecule has 1 saturated carbocycles. The van der Waals surface area contributed by atoms with Crippen LogP contribution in [0.5, 0.6) is 0 Å². The maximum atomic E-state index is 6.14. The molecule has 2 fully saturated rings. The predicted molar refractivity (Wildman–Crippen MR) is 84.9 cm³/mol. The van der Waals surface area contributed by atoms with Gasteiger partial charge in [0.2, 0.25) is 0 Å². The van der Waals surface area contributed by atoms with Gasteiger partial charge < -0.3 is 10.2 Å². The minimum absolute atomic E-state index is 0.684. The normalized spacial score (nSPS) is 29.9. The van der Waals surface area contributed by atoms with E-state index in [9.17, 15) is 0 Å². The number of likely N-dealkylation sites (tertiary alicyclic amines) is 1. The van der Waals surface area contributed by atoms with Crippen molar-refractivity contribution in [1.29, 1.82) is 0 Å². The van der Waals surface area contributed by atoms with Crippen LogP contribution in [0.15, 0.2) is 18.2 Å². The van der Waals surface area contributed by atoms with E-state index in [2.05, 4.69) is 12.1 Å². The molecule has 2 N–H and O–H groups in total. The summed E-state index contributed by atoms with van der Waals surface area (Å²) in [5.74, 6) is 1.62. The van der Waals surface area contributed by atoms with Crippen LogP contribution in [0, 0.1) is 11.8 Å². The van der Waals surface area contributed by atoms with E-state index >= 15 is 0 Å². The maximum Gasteiger partial charge on any atom is 0.104 e. The van der Waals surface area contributed by atoms with Gasteiger partial charge in [-0.2, -0.15) is 0 Å². The predicted octanol–water partition coefficient (Wildman–Crippen LogP) is 3.70. The molecule has 1 aliphatic carbocycles. The van der Waals surface area contributed by atoms with Crippen molar-refractivity contribution < 1.29 is 4.48 Å². The van der Waals surface area contributed by atoms with Gasteiger partial charge in [0.25, 0.3) is 0 Å². The van der Waals surface area contributed by atoms with Gasteiger partial charge in [-0.25, -0.2) is 0 Å². The SMILES string of the molecule is NC[C@H]1CC[N+](Cc2cc(Cl)cc(Cl)c2)(CC2CC2)C1. The second-order valence-corrected chi connectivity index (χ2v) is 7.57. The van der Waals surface area contributed by atoms with Crippen LogP contribution in [0.1, 0.15) is 24.8 Å². The van der Waals surface area contributed by atoms with E-state index in [4.69, 9.17) is 28.9 Å². The second-order valence-electron chi connectivity index (χ2n) is 6.70. The lowest BCUT2D eigenvalue weighted by Crippen LogP contribution is -2.47. The summed E-state index contributed by atoms with van der Waals surface area (Å²) >= 11 is 12.3. The molecule has 2 nitrogen and oxygen atoms in total. The molecule has 1 heterocycles. The largest absolute Gasteiger partial charge is 0.330 e. The van der Waals surface area contributed by atoms with Crippen molar-refractivity contribution in [2.45, 2.75) is 25.8 Å². The van der Waals surface area contributed by atoms with Crippen LogP contribution in [-0.2, 0) is 6.54 Å². The summed E-state index contributed by atoms with van der Waals surface area (Å²) in [5, 5.41) is 1.48. The zero-order valence-electron chi connectivity index (χ0n) is 11.8. The molecule has 2 aliphatic rings. The van der Waals surface area contributed by atoms with Crippen molar-refractivity contribution in [1.82, 2.24) is 0 Å². The molecule has 0 spiro atoms. The number of hydrogen-bond acceptors (Lipinski definition) is 1. The molecule has 1 aromatic rings. The molecule has 0 aromatic heterocycles. The summed E-state index contributed by atoms with van der Waals surface area (Å²) in [5.41, 5.74) is 7.16. The molecule has 1 aromatic carbocycles. The first-order chi connectivity index (χ1) is 9.58. The number of rotatable bonds is 5. The molecule has 0 bridgehead atoms. The maximum absolute atomic E-state index is 6.14. The Bertz CT molecular complexity index is 467. The molecule has 1 unspecified atom stereocenters. The monoisotopic (exact) mass is 313 g/mol. The van der Waals surface area contributed by atoms with Gasteiger partial charge in [0.1, 0.15) is 6.54 Å². The van der Waals surface area contributed by atoms with Crippen LogP contribution in [0.4, 0.5) is 0 Å². The summed E-state index contributed by atoms with van der Waals surface area (Å²) in [6, 6.07) is 5.94. The first-order valence-electron chi connectivity index (χ1n) is 7.59. The first-order valence-corrected chi connectivity index (χ1v) is 8.34. The van der Waals surface area contributed by atoms with Crippen LogP contribution in [0.25, 0.3) is 0 Å². The quantitative estimate of drug-likeness (QED) is 0.824. The zero-order chi connectivity index (χ0) is 14.2. The Hall–Kier alpha value is -0.280. The third-order valence-corrected chi connectivity index (χ3v) is 5.21. The molecule has 110 valence electrons. The Kier molecular flexibility index (Phi) is 4.28. The number of quaternary nitrogens is 1. The van der Waals surface area contributed by atoms with Crippen molar-refractivity contribution >= 4 is 23.2 Å². The van der Waals surface area contributed by atoms with E-state index in [0.717, 1.165) is 29.1 Å². The van der Waals surface area contributed by atoms with Crippen molar-refractivity contribution in [2.24, 2.45) is 17.6 Å². The van der Waals surface area contributed by atoms with E-state index in [1.807, 2.05) is 6.07 Å². The average Bonchev–Trinajstić information content (AvgIpc) is 3.08. The third kappa shape index (κ3) is 3.48. The van der Waals surface area contributed by atoms with E-state index < -0.39 is 0 Å². The average molecular weight is 314 g/mol. The van der Waals surface area contributed by atoms with E-state index in [1.54, 1.807) is 0 Å². The summed E-state index contributed by atoms with van der Waals surface area (Å²) in [7, 11) is 0. The summed E-state index contributed by atoms with van der Waals surface area (Å²) in [6.45, 7) is 5.65. The van der Waals surface area contributed by atoms with Gasteiger partial charge in [0.15, 0.2) is 0 Å². The van der Waals surface area contributed by atoms with Gasteiger partial charge in [-0.1, -0.05) is 23.2 Å². The zero-order valence-corrected chi connectivity index (χ0v) is 13.3. The molecular weight excluding hydrogens is 291 g/mol. The highest BCUT2D eigenvalue weighted by Crippen LogP contribution is 2.37.